The molecule has 41 heavy (non-hydrogen) atoms. The molecule has 1 N–H and O–H groups in total. The minimum atomic E-state index is -4.68. The van der Waals surface area contributed by atoms with E-state index in [-0.39, 0.29) is 12.8 Å². The predicted octanol–water partition coefficient (Wildman–Crippen LogP) is 11.9. The minimum absolute atomic E-state index is 0.0684. The van der Waals surface area contributed by atoms with Crippen LogP contribution in [0.4, 0.5) is 0 Å². The van der Waals surface area contributed by atoms with Gasteiger partial charge in [0.25, 0.3) is 0 Å². The minimum Gasteiger partial charge on any atom is -0.361 e. The van der Waals surface area contributed by atoms with Gasteiger partial charge in [0.2, 0.25) is 0 Å². The Balaban J connectivity index is 3.54. The van der Waals surface area contributed by atoms with Crippen molar-refractivity contribution in [1.82, 2.24) is 0 Å². The Morgan fingerprint density at radius 2 is 0.610 bits per heavy atom. The molecule has 0 aromatic carbocycles. The van der Waals surface area contributed by atoms with Crippen LogP contribution in [0.3, 0.4) is 0 Å². The second-order valence-electron chi connectivity index (χ2n) is 12.1. The van der Waals surface area contributed by atoms with Crippen molar-refractivity contribution in [2.75, 3.05) is 0 Å². The van der Waals surface area contributed by atoms with Crippen molar-refractivity contribution in [3.05, 3.63) is 0 Å². The van der Waals surface area contributed by atoms with Crippen molar-refractivity contribution in [1.29, 1.82) is 0 Å². The molecule has 0 saturated carbocycles. The first-order chi connectivity index (χ1) is 19.9. The van der Waals surface area contributed by atoms with Crippen molar-refractivity contribution in [3.63, 3.8) is 0 Å². The van der Waals surface area contributed by atoms with Crippen LogP contribution in [-0.4, -0.2) is 16.8 Å². The van der Waals surface area contributed by atoms with Gasteiger partial charge in [0.15, 0.2) is 0 Å². The number of phosphoric acid groups is 1. The van der Waals surface area contributed by atoms with Gasteiger partial charge in [-0.2, -0.15) is 0 Å². The molecule has 1 atom stereocenters. The van der Waals surface area contributed by atoms with Gasteiger partial charge in [0.05, 0.1) is 0 Å². The first-order valence-electron chi connectivity index (χ1n) is 17.7. The summed E-state index contributed by atoms with van der Waals surface area (Å²) in [5.74, 6) is -1.56. The second kappa shape index (κ2) is 30.6. The zero-order valence-electron chi connectivity index (χ0n) is 27.1. The van der Waals surface area contributed by atoms with Crippen molar-refractivity contribution < 1.29 is 28.1 Å². The van der Waals surface area contributed by atoms with Gasteiger partial charge >= 0.3 is 19.8 Å². The van der Waals surface area contributed by atoms with E-state index in [1.165, 1.54) is 128 Å². The van der Waals surface area contributed by atoms with E-state index in [1.807, 2.05) is 0 Å². The number of carbonyl (C=O) groups excluding carboxylic acids is 2. The topological polar surface area (TPSA) is 89.9 Å². The van der Waals surface area contributed by atoms with Crippen LogP contribution >= 0.6 is 7.82 Å². The summed E-state index contributed by atoms with van der Waals surface area (Å²) < 4.78 is 21.1. The fourth-order valence-corrected chi connectivity index (χ4v) is 6.03. The van der Waals surface area contributed by atoms with Gasteiger partial charge in [0, 0.05) is 12.8 Å². The van der Waals surface area contributed by atoms with Crippen LogP contribution in [0.5, 0.6) is 0 Å². The van der Waals surface area contributed by atoms with Gasteiger partial charge in [0.1, 0.15) is 0 Å². The Bertz CT molecular complexity index is 639. The van der Waals surface area contributed by atoms with E-state index in [2.05, 4.69) is 22.9 Å². The number of unbranched alkanes of at least 4 members (excludes halogenated alkanes) is 26. The molecule has 0 amide bonds. The van der Waals surface area contributed by atoms with E-state index in [9.17, 15) is 19.0 Å². The summed E-state index contributed by atoms with van der Waals surface area (Å²) in [5.41, 5.74) is 0. The van der Waals surface area contributed by atoms with Gasteiger partial charge in [-0.1, -0.05) is 181 Å². The summed E-state index contributed by atoms with van der Waals surface area (Å²) in [6.07, 6.45) is 34.2. The molecule has 0 fully saturated rings. The molecule has 0 saturated heterocycles. The monoisotopic (exact) mass is 602 g/mol. The highest BCUT2D eigenvalue weighted by molar-refractivity contribution is 7.48. The average Bonchev–Trinajstić information content (AvgIpc) is 2.92. The third-order valence-electron chi connectivity index (χ3n) is 7.90. The number of hydrogen-bond acceptors (Lipinski definition) is 5. The van der Waals surface area contributed by atoms with E-state index in [0.717, 1.165) is 38.5 Å². The van der Waals surface area contributed by atoms with Gasteiger partial charge in [-0.25, -0.2) is 4.57 Å². The Labute approximate surface area is 254 Å². The van der Waals surface area contributed by atoms with Crippen LogP contribution < -0.4 is 0 Å². The zero-order valence-corrected chi connectivity index (χ0v) is 28.0. The van der Waals surface area contributed by atoms with Gasteiger partial charge < -0.3 is 9.05 Å². The van der Waals surface area contributed by atoms with E-state index >= 15 is 0 Å². The number of carbonyl (C=O) groups is 2. The standard InChI is InChI=1S/C34H67O6P/c1-3-5-7-9-11-13-15-17-18-20-22-24-26-28-30-32-34(36)40-41(37,38)39-33(35)31-29-27-25-23-21-19-16-14-12-10-8-6-4-2/h3-32H2,1-2H3,(H,37,38). The summed E-state index contributed by atoms with van der Waals surface area (Å²) in [6, 6.07) is 0. The molecule has 0 aromatic rings. The second-order valence-corrected chi connectivity index (χ2v) is 13.4. The van der Waals surface area contributed by atoms with Crippen LogP contribution in [0, 0.1) is 0 Å². The smallest absolute Gasteiger partial charge is 0.361 e. The molecule has 0 aliphatic rings. The molecule has 0 rings (SSSR count). The maximum absolute atomic E-state index is 12.0. The molecular weight excluding hydrogens is 535 g/mol. The highest BCUT2D eigenvalue weighted by atomic mass is 31.2. The van der Waals surface area contributed by atoms with Crippen molar-refractivity contribution in [2.45, 2.75) is 206 Å². The SMILES string of the molecule is CCCCCCCCCCCCCCCCCC(=O)OP(=O)(O)OC(=O)CCCCCCCCCCCCCCC. The Morgan fingerprint density at radius 3 is 0.829 bits per heavy atom. The van der Waals surface area contributed by atoms with Crippen molar-refractivity contribution in [3.8, 4) is 0 Å². The Kier molecular flexibility index (Phi) is 29.9. The van der Waals surface area contributed by atoms with E-state index in [4.69, 9.17) is 0 Å². The van der Waals surface area contributed by atoms with Crippen molar-refractivity contribution >= 4 is 19.8 Å². The summed E-state index contributed by atoms with van der Waals surface area (Å²) in [7, 11) is -4.68. The van der Waals surface area contributed by atoms with Crippen LogP contribution in [0.1, 0.15) is 206 Å². The fourth-order valence-electron chi connectivity index (χ4n) is 5.30. The number of hydrogen-bond donors (Lipinski definition) is 1. The maximum Gasteiger partial charge on any atom is 0.589 e. The number of rotatable bonds is 32. The third-order valence-corrected chi connectivity index (χ3v) is 8.77. The van der Waals surface area contributed by atoms with E-state index < -0.39 is 19.8 Å². The van der Waals surface area contributed by atoms with E-state index in [1.54, 1.807) is 0 Å². The Morgan fingerprint density at radius 1 is 0.415 bits per heavy atom. The van der Waals surface area contributed by atoms with Crippen LogP contribution in [0.25, 0.3) is 0 Å². The zero-order chi connectivity index (χ0) is 30.3. The molecule has 0 heterocycles. The lowest BCUT2D eigenvalue weighted by atomic mass is 10.0. The quantitative estimate of drug-likeness (QED) is 0.0608. The first kappa shape index (κ1) is 40.1. The summed E-state index contributed by atoms with van der Waals surface area (Å²) in [6.45, 7) is 4.50. The average molecular weight is 603 g/mol. The molecule has 0 bridgehead atoms. The molecule has 0 radical (unpaired) electrons. The Hall–Kier alpha value is -0.870. The van der Waals surface area contributed by atoms with Crippen LogP contribution in [-0.2, 0) is 23.2 Å². The first-order valence-corrected chi connectivity index (χ1v) is 19.2. The van der Waals surface area contributed by atoms with Crippen molar-refractivity contribution in [2.24, 2.45) is 0 Å². The molecule has 0 aromatic heterocycles. The van der Waals surface area contributed by atoms with Crippen LogP contribution in [0.15, 0.2) is 0 Å². The fraction of sp³-hybridized carbons (Fsp3) is 0.941. The molecule has 0 aliphatic heterocycles. The lowest BCUT2D eigenvalue weighted by Crippen LogP contribution is -2.08. The lowest BCUT2D eigenvalue weighted by Gasteiger charge is -2.11. The summed E-state index contributed by atoms with van der Waals surface area (Å²) in [4.78, 5) is 33.6. The van der Waals surface area contributed by atoms with Gasteiger partial charge in [-0.05, 0) is 12.8 Å². The predicted molar refractivity (Wildman–Crippen MR) is 172 cm³/mol. The largest absolute Gasteiger partial charge is 0.589 e. The third kappa shape index (κ3) is 31.9. The van der Waals surface area contributed by atoms with Gasteiger partial charge in [-0.15, -0.1) is 0 Å². The summed E-state index contributed by atoms with van der Waals surface area (Å²) in [5, 5.41) is 0. The number of phosphoric ester groups is 1. The molecule has 0 aliphatic carbocycles. The molecule has 0 spiro atoms. The normalized spacial score (nSPS) is 12.8. The highest BCUT2D eigenvalue weighted by Crippen LogP contribution is 2.44. The maximum atomic E-state index is 12.0. The van der Waals surface area contributed by atoms with Gasteiger partial charge in [-0.3, -0.25) is 14.5 Å². The molecule has 6 nitrogen and oxygen atoms in total. The molecular formula is C34H67O6P. The molecule has 7 heteroatoms. The lowest BCUT2D eigenvalue weighted by molar-refractivity contribution is -0.140. The molecule has 244 valence electrons. The van der Waals surface area contributed by atoms with E-state index in [0.29, 0.717) is 12.8 Å². The summed E-state index contributed by atoms with van der Waals surface area (Å²) >= 11 is 0. The highest BCUT2D eigenvalue weighted by Gasteiger charge is 2.30. The molecule has 1 unspecified atom stereocenters. The van der Waals surface area contributed by atoms with Crippen LogP contribution in [0.2, 0.25) is 0 Å².